The Morgan fingerprint density at radius 1 is 1.25 bits per heavy atom. The highest BCUT2D eigenvalue weighted by molar-refractivity contribution is 7.17. The third kappa shape index (κ3) is 3.19. The van der Waals surface area contributed by atoms with Crippen molar-refractivity contribution in [1.82, 2.24) is 4.90 Å². The lowest BCUT2D eigenvalue weighted by Crippen LogP contribution is -2.47. The molecule has 0 spiro atoms. The summed E-state index contributed by atoms with van der Waals surface area (Å²) in [5.41, 5.74) is 1.78. The van der Waals surface area contributed by atoms with Gasteiger partial charge in [-0.1, -0.05) is 12.1 Å². The number of carbonyl (C=O) groups is 2. The molecule has 1 saturated heterocycles. The number of thiophene rings is 1. The van der Waals surface area contributed by atoms with Gasteiger partial charge in [0.2, 0.25) is 0 Å². The third-order valence-corrected chi connectivity index (χ3v) is 5.56. The molecule has 1 amide bonds. The van der Waals surface area contributed by atoms with Crippen molar-refractivity contribution in [1.29, 1.82) is 0 Å². The molecule has 0 bridgehead atoms. The standard InChI is InChI=1S/C18H18FNO3S/c1-11-10-15(24-16(11)12-5-7-13(19)8-6-12)17(21)20-9-3-2-4-14(20)18(22)23/h5-8,10,14H,2-4,9H2,1H3,(H,22,23)/t14-/m1/s1. The topological polar surface area (TPSA) is 57.6 Å². The van der Waals surface area contributed by atoms with Gasteiger partial charge < -0.3 is 10.0 Å². The zero-order chi connectivity index (χ0) is 17.3. The third-order valence-electron chi connectivity index (χ3n) is 4.28. The van der Waals surface area contributed by atoms with Crippen LogP contribution in [-0.2, 0) is 4.79 Å². The average molecular weight is 347 g/mol. The van der Waals surface area contributed by atoms with Crippen molar-refractivity contribution in [3.05, 3.63) is 46.6 Å². The molecule has 3 rings (SSSR count). The van der Waals surface area contributed by atoms with Crippen molar-refractivity contribution in [2.24, 2.45) is 0 Å². The van der Waals surface area contributed by atoms with E-state index >= 15 is 0 Å². The summed E-state index contributed by atoms with van der Waals surface area (Å²) in [5.74, 6) is -1.49. The summed E-state index contributed by atoms with van der Waals surface area (Å²) in [5, 5.41) is 9.34. The fourth-order valence-electron chi connectivity index (χ4n) is 3.05. The average Bonchev–Trinajstić information content (AvgIpc) is 2.96. The second kappa shape index (κ2) is 6.73. The van der Waals surface area contributed by atoms with E-state index in [0.717, 1.165) is 28.8 Å². The highest BCUT2D eigenvalue weighted by Crippen LogP contribution is 2.34. The lowest BCUT2D eigenvalue weighted by atomic mass is 10.0. The number of amides is 1. The molecule has 126 valence electrons. The van der Waals surface area contributed by atoms with E-state index in [9.17, 15) is 19.1 Å². The summed E-state index contributed by atoms with van der Waals surface area (Å²) in [7, 11) is 0. The van der Waals surface area contributed by atoms with Crippen LogP contribution in [0.1, 0.15) is 34.5 Å². The molecule has 1 aromatic heterocycles. The van der Waals surface area contributed by atoms with Crippen molar-refractivity contribution >= 4 is 23.2 Å². The van der Waals surface area contributed by atoms with Gasteiger partial charge in [-0.2, -0.15) is 0 Å². The molecule has 1 aromatic carbocycles. The molecule has 0 saturated carbocycles. The first-order valence-corrected chi connectivity index (χ1v) is 8.69. The number of carboxylic acid groups (broad SMARTS) is 1. The number of aryl methyl sites for hydroxylation is 1. The number of benzene rings is 1. The molecule has 4 nitrogen and oxygen atoms in total. The molecule has 0 radical (unpaired) electrons. The maximum absolute atomic E-state index is 13.1. The Labute approximate surface area is 143 Å². The number of aliphatic carboxylic acids is 1. The number of nitrogens with zero attached hydrogens (tertiary/aromatic N) is 1. The molecular weight excluding hydrogens is 329 g/mol. The van der Waals surface area contributed by atoms with Crippen molar-refractivity contribution in [2.45, 2.75) is 32.2 Å². The van der Waals surface area contributed by atoms with Crippen LogP contribution in [0, 0.1) is 12.7 Å². The van der Waals surface area contributed by atoms with Crippen molar-refractivity contribution in [2.75, 3.05) is 6.54 Å². The molecule has 1 N–H and O–H groups in total. The molecule has 6 heteroatoms. The molecule has 2 heterocycles. The maximum Gasteiger partial charge on any atom is 0.326 e. The Kier molecular flexibility index (Phi) is 4.66. The molecule has 1 fully saturated rings. The number of rotatable bonds is 3. The first kappa shape index (κ1) is 16.6. The largest absolute Gasteiger partial charge is 0.480 e. The fraction of sp³-hybridized carbons (Fsp3) is 0.333. The van der Waals surface area contributed by atoms with E-state index < -0.39 is 12.0 Å². The minimum Gasteiger partial charge on any atom is -0.480 e. The van der Waals surface area contributed by atoms with Gasteiger partial charge in [0, 0.05) is 11.4 Å². The second-order valence-electron chi connectivity index (χ2n) is 5.98. The van der Waals surface area contributed by atoms with Gasteiger partial charge in [0.05, 0.1) is 4.88 Å². The number of carbonyl (C=O) groups excluding carboxylic acids is 1. The Hall–Kier alpha value is -2.21. The Morgan fingerprint density at radius 2 is 1.96 bits per heavy atom. The lowest BCUT2D eigenvalue weighted by molar-refractivity contribution is -0.143. The van der Waals surface area contributed by atoms with Crippen molar-refractivity contribution < 1.29 is 19.1 Å². The van der Waals surface area contributed by atoms with Crippen LogP contribution < -0.4 is 0 Å². The highest BCUT2D eigenvalue weighted by Gasteiger charge is 2.33. The zero-order valence-electron chi connectivity index (χ0n) is 13.3. The SMILES string of the molecule is Cc1cc(C(=O)N2CCCC[C@@H]2C(=O)O)sc1-c1ccc(F)cc1. The van der Waals surface area contributed by atoms with Crippen LogP contribution in [0.4, 0.5) is 4.39 Å². The molecule has 0 aliphatic carbocycles. The van der Waals surface area contributed by atoms with Gasteiger partial charge in [0.1, 0.15) is 11.9 Å². The number of piperidine rings is 1. The minimum atomic E-state index is -0.949. The number of hydrogen-bond donors (Lipinski definition) is 1. The van der Waals surface area contributed by atoms with Gasteiger partial charge in [-0.15, -0.1) is 11.3 Å². The van der Waals surface area contributed by atoms with Crippen LogP contribution in [0.25, 0.3) is 10.4 Å². The highest BCUT2D eigenvalue weighted by atomic mass is 32.1. The first-order valence-electron chi connectivity index (χ1n) is 7.87. The predicted molar refractivity (Wildman–Crippen MR) is 90.8 cm³/mol. The number of hydrogen-bond acceptors (Lipinski definition) is 3. The lowest BCUT2D eigenvalue weighted by Gasteiger charge is -2.32. The predicted octanol–water partition coefficient (Wildman–Crippen LogP) is 3.94. The summed E-state index contributed by atoms with van der Waals surface area (Å²) in [4.78, 5) is 27.1. The summed E-state index contributed by atoms with van der Waals surface area (Å²) in [6, 6.07) is 7.19. The van der Waals surface area contributed by atoms with Crippen molar-refractivity contribution in [3.8, 4) is 10.4 Å². The maximum atomic E-state index is 13.1. The normalized spacial score (nSPS) is 17.8. The number of likely N-dealkylation sites (tertiary alicyclic amines) is 1. The molecule has 0 unspecified atom stereocenters. The van der Waals surface area contributed by atoms with Gasteiger partial charge in [0.25, 0.3) is 5.91 Å². The Morgan fingerprint density at radius 3 is 2.62 bits per heavy atom. The minimum absolute atomic E-state index is 0.233. The molecule has 24 heavy (non-hydrogen) atoms. The molecule has 1 aliphatic heterocycles. The summed E-state index contributed by atoms with van der Waals surface area (Å²) >= 11 is 1.33. The van der Waals surface area contributed by atoms with E-state index in [1.807, 2.05) is 6.92 Å². The monoisotopic (exact) mass is 347 g/mol. The van der Waals surface area contributed by atoms with E-state index in [2.05, 4.69) is 0 Å². The summed E-state index contributed by atoms with van der Waals surface area (Å²) in [6.45, 7) is 2.37. The van der Waals surface area contributed by atoms with Gasteiger partial charge >= 0.3 is 5.97 Å². The fourth-order valence-corrected chi connectivity index (χ4v) is 4.18. The van der Waals surface area contributed by atoms with Gasteiger partial charge in [-0.3, -0.25) is 4.79 Å². The van der Waals surface area contributed by atoms with Crippen LogP contribution in [-0.4, -0.2) is 34.5 Å². The van der Waals surface area contributed by atoms with Crippen LogP contribution in [0.2, 0.25) is 0 Å². The van der Waals surface area contributed by atoms with E-state index in [4.69, 9.17) is 0 Å². The van der Waals surface area contributed by atoms with Gasteiger partial charge in [-0.05, 0) is 55.5 Å². The second-order valence-corrected chi connectivity index (χ2v) is 7.03. The number of carboxylic acids is 1. The quantitative estimate of drug-likeness (QED) is 0.915. The van der Waals surface area contributed by atoms with E-state index in [1.165, 1.54) is 28.4 Å². The van der Waals surface area contributed by atoms with Crippen LogP contribution >= 0.6 is 11.3 Å². The van der Waals surface area contributed by atoms with Gasteiger partial charge in [0.15, 0.2) is 0 Å². The smallest absolute Gasteiger partial charge is 0.326 e. The summed E-state index contributed by atoms with van der Waals surface area (Å²) in [6.07, 6.45) is 2.14. The molecule has 1 atom stereocenters. The Balaban J connectivity index is 1.89. The van der Waals surface area contributed by atoms with Crippen LogP contribution in [0.15, 0.2) is 30.3 Å². The first-order chi connectivity index (χ1) is 11.5. The van der Waals surface area contributed by atoms with E-state index in [1.54, 1.807) is 18.2 Å². The van der Waals surface area contributed by atoms with Crippen molar-refractivity contribution in [3.63, 3.8) is 0 Å². The molecular formula is C18H18FNO3S. The van der Waals surface area contributed by atoms with Crippen LogP contribution in [0.3, 0.4) is 0 Å². The van der Waals surface area contributed by atoms with Crippen LogP contribution in [0.5, 0.6) is 0 Å². The molecule has 1 aliphatic rings. The van der Waals surface area contributed by atoms with E-state index in [-0.39, 0.29) is 11.7 Å². The summed E-state index contributed by atoms with van der Waals surface area (Å²) < 4.78 is 13.1. The number of halogens is 1. The Bertz CT molecular complexity index is 769. The zero-order valence-corrected chi connectivity index (χ0v) is 14.1. The van der Waals surface area contributed by atoms with Gasteiger partial charge in [-0.25, -0.2) is 9.18 Å². The van der Waals surface area contributed by atoms with E-state index in [0.29, 0.717) is 17.8 Å². The molecule has 2 aromatic rings.